The molecule has 1 aromatic carbocycles. The van der Waals surface area contributed by atoms with E-state index in [9.17, 15) is 0 Å². The molecule has 102 valence electrons. The first-order chi connectivity index (χ1) is 8.58. The standard InChI is InChI=1S/C15H25BrN2/c1-5-9-18(6-2)15-10-14(16)8-7-13(15)11-17-12(3)4/h7-8,10,12,17H,5-6,9,11H2,1-4H3. The van der Waals surface area contributed by atoms with Crippen LogP contribution in [0, 0.1) is 0 Å². The summed E-state index contributed by atoms with van der Waals surface area (Å²) in [5.74, 6) is 0. The van der Waals surface area contributed by atoms with Crippen LogP contribution < -0.4 is 10.2 Å². The summed E-state index contributed by atoms with van der Waals surface area (Å²) in [6.07, 6.45) is 1.18. The molecule has 0 aromatic heterocycles. The fraction of sp³-hybridized carbons (Fsp3) is 0.600. The van der Waals surface area contributed by atoms with E-state index in [0.29, 0.717) is 6.04 Å². The van der Waals surface area contributed by atoms with Crippen LogP contribution in [0.2, 0.25) is 0 Å². The third kappa shape index (κ3) is 4.62. The lowest BCUT2D eigenvalue weighted by atomic mass is 10.1. The quantitative estimate of drug-likeness (QED) is 0.812. The summed E-state index contributed by atoms with van der Waals surface area (Å²) in [6.45, 7) is 11.9. The highest BCUT2D eigenvalue weighted by Crippen LogP contribution is 2.25. The lowest BCUT2D eigenvalue weighted by Crippen LogP contribution is -2.27. The molecular formula is C15H25BrN2. The van der Waals surface area contributed by atoms with Crippen LogP contribution in [0.1, 0.15) is 39.7 Å². The van der Waals surface area contributed by atoms with E-state index in [4.69, 9.17) is 0 Å². The van der Waals surface area contributed by atoms with Crippen molar-refractivity contribution in [3.05, 3.63) is 28.2 Å². The van der Waals surface area contributed by atoms with Crippen LogP contribution in [0.25, 0.3) is 0 Å². The summed E-state index contributed by atoms with van der Waals surface area (Å²) in [7, 11) is 0. The van der Waals surface area contributed by atoms with Gasteiger partial charge in [-0.25, -0.2) is 0 Å². The van der Waals surface area contributed by atoms with Crippen molar-refractivity contribution in [1.29, 1.82) is 0 Å². The lowest BCUT2D eigenvalue weighted by molar-refractivity contribution is 0.587. The van der Waals surface area contributed by atoms with Crippen molar-refractivity contribution in [3.63, 3.8) is 0 Å². The summed E-state index contributed by atoms with van der Waals surface area (Å²) < 4.78 is 1.15. The molecule has 3 heteroatoms. The highest BCUT2D eigenvalue weighted by Gasteiger charge is 2.10. The van der Waals surface area contributed by atoms with Crippen LogP contribution >= 0.6 is 15.9 Å². The van der Waals surface area contributed by atoms with Gasteiger partial charge in [-0.2, -0.15) is 0 Å². The van der Waals surface area contributed by atoms with Gasteiger partial charge in [-0.3, -0.25) is 0 Å². The monoisotopic (exact) mass is 312 g/mol. The van der Waals surface area contributed by atoms with Crippen molar-refractivity contribution in [2.45, 2.75) is 46.7 Å². The van der Waals surface area contributed by atoms with E-state index in [1.54, 1.807) is 0 Å². The van der Waals surface area contributed by atoms with Crippen LogP contribution in [-0.2, 0) is 6.54 Å². The maximum atomic E-state index is 3.58. The van der Waals surface area contributed by atoms with Gasteiger partial charge in [0.15, 0.2) is 0 Å². The number of nitrogens with zero attached hydrogens (tertiary/aromatic N) is 1. The second-order valence-electron chi connectivity index (χ2n) is 4.89. The van der Waals surface area contributed by atoms with Crippen molar-refractivity contribution in [3.8, 4) is 0 Å². The number of anilines is 1. The first-order valence-corrected chi connectivity index (χ1v) is 7.64. The van der Waals surface area contributed by atoms with E-state index in [2.05, 4.69) is 72.0 Å². The molecule has 0 saturated heterocycles. The molecule has 0 aliphatic carbocycles. The second kappa shape index (κ2) is 7.80. The SMILES string of the molecule is CCCN(CC)c1cc(Br)ccc1CNC(C)C. The number of hydrogen-bond donors (Lipinski definition) is 1. The minimum absolute atomic E-state index is 0.516. The maximum absolute atomic E-state index is 3.58. The molecule has 0 spiro atoms. The van der Waals surface area contributed by atoms with Crippen molar-refractivity contribution >= 4 is 21.6 Å². The van der Waals surface area contributed by atoms with Crippen LogP contribution in [0.5, 0.6) is 0 Å². The van der Waals surface area contributed by atoms with Gasteiger partial charge < -0.3 is 10.2 Å². The summed E-state index contributed by atoms with van der Waals surface area (Å²) in [6, 6.07) is 7.09. The summed E-state index contributed by atoms with van der Waals surface area (Å²) in [4.78, 5) is 2.45. The Balaban J connectivity index is 2.94. The average molecular weight is 313 g/mol. The van der Waals surface area contributed by atoms with Gasteiger partial charge in [-0.1, -0.05) is 42.8 Å². The van der Waals surface area contributed by atoms with Crippen molar-refractivity contribution < 1.29 is 0 Å². The Kier molecular flexibility index (Phi) is 6.72. The zero-order chi connectivity index (χ0) is 13.5. The van der Waals surface area contributed by atoms with Gasteiger partial charge in [0.1, 0.15) is 0 Å². The van der Waals surface area contributed by atoms with E-state index >= 15 is 0 Å². The first-order valence-electron chi connectivity index (χ1n) is 6.85. The normalized spacial score (nSPS) is 11.0. The van der Waals surface area contributed by atoms with Crippen LogP contribution in [0.3, 0.4) is 0 Å². The van der Waals surface area contributed by atoms with E-state index in [1.165, 1.54) is 17.7 Å². The van der Waals surface area contributed by atoms with Gasteiger partial charge in [0.05, 0.1) is 0 Å². The number of benzene rings is 1. The van der Waals surface area contributed by atoms with Gasteiger partial charge >= 0.3 is 0 Å². The van der Waals surface area contributed by atoms with Crippen LogP contribution in [-0.4, -0.2) is 19.1 Å². The lowest BCUT2D eigenvalue weighted by Gasteiger charge is -2.26. The largest absolute Gasteiger partial charge is 0.372 e. The second-order valence-corrected chi connectivity index (χ2v) is 5.80. The highest BCUT2D eigenvalue weighted by atomic mass is 79.9. The third-order valence-corrected chi connectivity index (χ3v) is 3.46. The van der Waals surface area contributed by atoms with E-state index in [-0.39, 0.29) is 0 Å². The van der Waals surface area contributed by atoms with Crippen LogP contribution in [0.4, 0.5) is 5.69 Å². The average Bonchev–Trinajstić information content (AvgIpc) is 2.34. The minimum Gasteiger partial charge on any atom is -0.372 e. The topological polar surface area (TPSA) is 15.3 Å². The molecule has 0 amide bonds. The molecule has 1 rings (SSSR count). The Labute approximate surface area is 120 Å². The number of nitrogens with one attached hydrogen (secondary N) is 1. The number of rotatable bonds is 7. The molecule has 2 nitrogen and oxygen atoms in total. The summed E-state index contributed by atoms with van der Waals surface area (Å²) in [5, 5.41) is 3.50. The van der Waals surface area contributed by atoms with E-state index < -0.39 is 0 Å². The fourth-order valence-corrected chi connectivity index (χ4v) is 2.36. The smallest absolute Gasteiger partial charge is 0.0423 e. The van der Waals surface area contributed by atoms with Gasteiger partial charge in [0.25, 0.3) is 0 Å². The number of halogens is 1. The molecular weight excluding hydrogens is 288 g/mol. The molecule has 0 aliphatic rings. The van der Waals surface area contributed by atoms with Crippen molar-refractivity contribution in [2.75, 3.05) is 18.0 Å². The molecule has 18 heavy (non-hydrogen) atoms. The van der Waals surface area contributed by atoms with E-state index in [0.717, 1.165) is 24.1 Å². The van der Waals surface area contributed by atoms with Crippen molar-refractivity contribution in [1.82, 2.24) is 5.32 Å². The van der Waals surface area contributed by atoms with Crippen molar-refractivity contribution in [2.24, 2.45) is 0 Å². The van der Waals surface area contributed by atoms with Gasteiger partial charge in [0, 0.05) is 35.8 Å². The Morgan fingerprint density at radius 1 is 1.28 bits per heavy atom. The zero-order valence-corrected chi connectivity index (χ0v) is 13.5. The molecule has 0 bridgehead atoms. The van der Waals surface area contributed by atoms with E-state index in [1.807, 2.05) is 0 Å². The van der Waals surface area contributed by atoms with Gasteiger partial charge in [-0.15, -0.1) is 0 Å². The third-order valence-electron chi connectivity index (χ3n) is 2.96. The molecule has 0 saturated carbocycles. The molecule has 0 aliphatic heterocycles. The Morgan fingerprint density at radius 2 is 2.00 bits per heavy atom. The Hall–Kier alpha value is -0.540. The molecule has 0 heterocycles. The molecule has 1 N–H and O–H groups in total. The van der Waals surface area contributed by atoms with Crippen LogP contribution in [0.15, 0.2) is 22.7 Å². The fourth-order valence-electron chi connectivity index (χ4n) is 2.01. The molecule has 0 radical (unpaired) electrons. The summed E-state index contributed by atoms with van der Waals surface area (Å²) in [5.41, 5.74) is 2.73. The molecule has 0 fully saturated rings. The van der Waals surface area contributed by atoms with Gasteiger partial charge in [-0.05, 0) is 31.0 Å². The highest BCUT2D eigenvalue weighted by molar-refractivity contribution is 9.10. The molecule has 1 aromatic rings. The number of hydrogen-bond acceptors (Lipinski definition) is 2. The minimum atomic E-state index is 0.516. The van der Waals surface area contributed by atoms with Gasteiger partial charge in [0.2, 0.25) is 0 Å². The summed E-state index contributed by atoms with van der Waals surface area (Å²) >= 11 is 3.58. The predicted molar refractivity (Wildman–Crippen MR) is 84.3 cm³/mol. The Morgan fingerprint density at radius 3 is 2.56 bits per heavy atom. The predicted octanol–water partition coefficient (Wildman–Crippen LogP) is 4.18. The first kappa shape index (κ1) is 15.5. The molecule has 0 atom stereocenters. The zero-order valence-electron chi connectivity index (χ0n) is 12.0. The maximum Gasteiger partial charge on any atom is 0.0423 e. The molecule has 0 unspecified atom stereocenters. The Bertz CT molecular complexity index is 364.